The minimum absolute atomic E-state index is 0.209. The third-order valence-electron chi connectivity index (χ3n) is 6.30. The molecule has 1 saturated carbocycles. The second kappa shape index (κ2) is 6.79. The maximum absolute atomic E-state index is 13.4. The van der Waals surface area contributed by atoms with E-state index in [4.69, 9.17) is 10.7 Å². The van der Waals surface area contributed by atoms with Gasteiger partial charge in [-0.15, -0.1) is 5.10 Å². The minimum atomic E-state index is -2.70. The third kappa shape index (κ3) is 3.14. The van der Waals surface area contributed by atoms with Gasteiger partial charge in [-0.2, -0.15) is 0 Å². The van der Waals surface area contributed by atoms with Crippen LogP contribution in [-0.2, 0) is 5.54 Å². The Morgan fingerprint density at radius 1 is 0.879 bits per heavy atom. The van der Waals surface area contributed by atoms with Crippen LogP contribution in [0.15, 0.2) is 72.8 Å². The van der Waals surface area contributed by atoms with Crippen LogP contribution in [0.1, 0.15) is 18.4 Å². The zero-order valence-electron chi connectivity index (χ0n) is 17.4. The Morgan fingerprint density at radius 2 is 1.61 bits per heavy atom. The van der Waals surface area contributed by atoms with Crippen LogP contribution in [0.25, 0.3) is 39.1 Å². The molecule has 0 atom stereocenters. The van der Waals surface area contributed by atoms with E-state index in [1.165, 1.54) is 0 Å². The highest BCUT2D eigenvalue weighted by molar-refractivity contribution is 5.91. The maximum atomic E-state index is 13.4. The number of benzene rings is 2. The van der Waals surface area contributed by atoms with E-state index in [2.05, 4.69) is 10.2 Å². The average Bonchev–Trinajstić information content (AvgIpc) is 3.19. The fourth-order valence-electron chi connectivity index (χ4n) is 4.69. The molecule has 2 aromatic carbocycles. The molecule has 3 aromatic heterocycles. The van der Waals surface area contributed by atoms with Crippen molar-refractivity contribution >= 4 is 16.7 Å². The highest BCUT2D eigenvalue weighted by atomic mass is 19.3. The van der Waals surface area contributed by atoms with Crippen LogP contribution in [0.2, 0.25) is 0 Å². The van der Waals surface area contributed by atoms with Gasteiger partial charge in [-0.1, -0.05) is 59.7 Å². The molecule has 33 heavy (non-hydrogen) atoms. The highest BCUT2D eigenvalue weighted by Crippen LogP contribution is 2.50. The van der Waals surface area contributed by atoms with Gasteiger partial charge in [-0.25, -0.2) is 18.2 Å². The number of hydrogen-bond acceptors (Lipinski definition) is 5. The number of aromatic hydroxyl groups is 1. The largest absolute Gasteiger partial charge is 0.479 e. The summed E-state index contributed by atoms with van der Waals surface area (Å²) in [4.78, 5) is 4.90. The van der Waals surface area contributed by atoms with E-state index in [9.17, 15) is 13.9 Å². The first-order valence-electron chi connectivity index (χ1n) is 10.5. The first-order chi connectivity index (χ1) is 15.8. The Morgan fingerprint density at radius 3 is 2.30 bits per heavy atom. The molecule has 164 valence electrons. The molecule has 0 saturated heterocycles. The van der Waals surface area contributed by atoms with Gasteiger partial charge in [0.15, 0.2) is 5.65 Å². The van der Waals surface area contributed by atoms with Crippen LogP contribution in [-0.4, -0.2) is 30.6 Å². The molecular weight excluding hydrogens is 424 g/mol. The summed E-state index contributed by atoms with van der Waals surface area (Å²) in [5.41, 5.74) is 11.1. The van der Waals surface area contributed by atoms with Crippen molar-refractivity contribution in [1.29, 1.82) is 0 Å². The smallest absolute Gasteiger partial charge is 0.319 e. The Balaban J connectivity index is 1.53. The van der Waals surface area contributed by atoms with Crippen molar-refractivity contribution < 1.29 is 13.9 Å². The minimum Gasteiger partial charge on any atom is -0.479 e. The lowest BCUT2D eigenvalue weighted by Crippen LogP contribution is -2.55. The number of nitrogens with two attached hydrogens (primary N) is 1. The maximum Gasteiger partial charge on any atom is 0.319 e. The van der Waals surface area contributed by atoms with Crippen LogP contribution < -0.4 is 5.73 Å². The van der Waals surface area contributed by atoms with Gasteiger partial charge >= 0.3 is 6.01 Å². The normalized spacial score (nSPS) is 16.7. The predicted octanol–water partition coefficient (Wildman–Crippen LogP) is 4.90. The lowest BCUT2D eigenvalue weighted by Gasteiger charge is -2.44. The van der Waals surface area contributed by atoms with E-state index in [1.807, 2.05) is 54.6 Å². The number of halogens is 2. The standard InChI is InChI=1S/C25H19F2N5O/c26-25(27)13-24(28,14-25)17-8-6-16(7-9-17)22-18(15-4-2-1-3-5-15)12-20-19(29-22)10-11-21-30-31-23(33)32(20)21/h1-12H,13-14,28H2,(H,31,33). The molecule has 1 fully saturated rings. The summed E-state index contributed by atoms with van der Waals surface area (Å²) < 4.78 is 28.5. The number of alkyl halides is 2. The van der Waals surface area contributed by atoms with Crippen LogP contribution in [0, 0.1) is 0 Å². The zero-order valence-corrected chi connectivity index (χ0v) is 17.4. The Hall–Kier alpha value is -3.91. The quantitative estimate of drug-likeness (QED) is 0.414. The summed E-state index contributed by atoms with van der Waals surface area (Å²) in [5, 5.41) is 18.0. The molecule has 0 radical (unpaired) electrons. The number of nitrogens with zero attached hydrogens (tertiary/aromatic N) is 4. The lowest BCUT2D eigenvalue weighted by atomic mass is 9.70. The number of fused-ring (bicyclic) bond motifs is 3. The van der Waals surface area contributed by atoms with Gasteiger partial charge in [-0.05, 0) is 29.3 Å². The first kappa shape index (κ1) is 19.8. The molecular formula is C25H19F2N5O. The second-order valence-corrected chi connectivity index (χ2v) is 8.62. The van der Waals surface area contributed by atoms with Gasteiger partial charge in [0.1, 0.15) is 0 Å². The fraction of sp³-hybridized carbons (Fsp3) is 0.160. The predicted molar refractivity (Wildman–Crippen MR) is 121 cm³/mol. The number of hydrogen-bond donors (Lipinski definition) is 2. The fourth-order valence-corrected chi connectivity index (χ4v) is 4.69. The SMILES string of the molecule is NC1(c2ccc(-c3nc4ccc5nnc(O)n5c4cc3-c3ccccc3)cc2)CC(F)(F)C1. The molecule has 3 N–H and O–H groups in total. The first-order valence-corrected chi connectivity index (χ1v) is 10.5. The van der Waals surface area contributed by atoms with E-state index in [1.54, 1.807) is 22.6 Å². The van der Waals surface area contributed by atoms with Gasteiger partial charge in [0, 0.05) is 24.0 Å². The number of pyridine rings is 2. The highest BCUT2D eigenvalue weighted by Gasteiger charge is 2.55. The van der Waals surface area contributed by atoms with Crippen LogP contribution in [0.5, 0.6) is 6.01 Å². The Bertz CT molecular complexity index is 1510. The second-order valence-electron chi connectivity index (χ2n) is 8.62. The van der Waals surface area contributed by atoms with E-state index in [-0.39, 0.29) is 18.9 Å². The Labute approximate surface area is 187 Å². The average molecular weight is 443 g/mol. The molecule has 6 rings (SSSR count). The van der Waals surface area contributed by atoms with E-state index < -0.39 is 11.5 Å². The summed E-state index contributed by atoms with van der Waals surface area (Å²) >= 11 is 0. The van der Waals surface area contributed by atoms with E-state index in [0.717, 1.165) is 22.4 Å². The summed E-state index contributed by atoms with van der Waals surface area (Å²) in [7, 11) is 0. The molecule has 0 bridgehead atoms. The third-order valence-corrected chi connectivity index (χ3v) is 6.30. The van der Waals surface area contributed by atoms with Crippen molar-refractivity contribution in [2.24, 2.45) is 5.73 Å². The lowest BCUT2D eigenvalue weighted by molar-refractivity contribution is -0.125. The monoisotopic (exact) mass is 443 g/mol. The molecule has 0 aliphatic heterocycles. The molecule has 6 nitrogen and oxygen atoms in total. The molecule has 0 amide bonds. The van der Waals surface area contributed by atoms with Gasteiger partial charge in [0.2, 0.25) is 0 Å². The van der Waals surface area contributed by atoms with Crippen LogP contribution in [0.4, 0.5) is 8.78 Å². The molecule has 1 aliphatic rings. The van der Waals surface area contributed by atoms with Crippen molar-refractivity contribution in [2.75, 3.05) is 0 Å². The number of rotatable bonds is 3. The van der Waals surface area contributed by atoms with Crippen molar-refractivity contribution in [1.82, 2.24) is 19.6 Å². The van der Waals surface area contributed by atoms with Gasteiger partial charge in [0.05, 0.1) is 22.3 Å². The van der Waals surface area contributed by atoms with Crippen molar-refractivity contribution in [2.45, 2.75) is 24.3 Å². The van der Waals surface area contributed by atoms with Gasteiger partial charge in [-0.3, -0.25) is 0 Å². The molecule has 5 aromatic rings. The molecule has 8 heteroatoms. The summed E-state index contributed by atoms with van der Waals surface area (Å²) in [6.07, 6.45) is -0.692. The molecule has 0 spiro atoms. The van der Waals surface area contributed by atoms with Crippen molar-refractivity contribution in [3.05, 3.63) is 78.4 Å². The van der Waals surface area contributed by atoms with Crippen LogP contribution in [0.3, 0.4) is 0 Å². The van der Waals surface area contributed by atoms with Gasteiger partial charge < -0.3 is 10.8 Å². The summed E-state index contributed by atoms with van der Waals surface area (Å²) in [6, 6.07) is 22.5. The van der Waals surface area contributed by atoms with E-state index in [0.29, 0.717) is 22.2 Å². The van der Waals surface area contributed by atoms with Crippen molar-refractivity contribution in [3.63, 3.8) is 0 Å². The van der Waals surface area contributed by atoms with Crippen LogP contribution >= 0.6 is 0 Å². The van der Waals surface area contributed by atoms with Gasteiger partial charge in [0.25, 0.3) is 5.92 Å². The molecule has 1 aliphatic carbocycles. The topological polar surface area (TPSA) is 89.3 Å². The molecule has 3 heterocycles. The van der Waals surface area contributed by atoms with E-state index >= 15 is 0 Å². The Kier molecular flexibility index (Phi) is 4.07. The zero-order chi connectivity index (χ0) is 22.8. The van der Waals surface area contributed by atoms with Crippen molar-refractivity contribution in [3.8, 4) is 28.4 Å². The number of aromatic nitrogens is 4. The summed E-state index contributed by atoms with van der Waals surface area (Å²) in [5.74, 6) is -2.70. The molecule has 0 unspecified atom stereocenters. The summed E-state index contributed by atoms with van der Waals surface area (Å²) in [6.45, 7) is 0.